The topological polar surface area (TPSA) is 46.3 Å². The molecule has 1 aromatic rings. The lowest BCUT2D eigenvalue weighted by atomic mass is 9.52. The van der Waals surface area contributed by atoms with Gasteiger partial charge in [0.25, 0.3) is 0 Å². The lowest BCUT2D eigenvalue weighted by molar-refractivity contribution is -0.156. The van der Waals surface area contributed by atoms with Gasteiger partial charge in [0.2, 0.25) is 0 Å². The van der Waals surface area contributed by atoms with Gasteiger partial charge in [0.15, 0.2) is 5.84 Å². The molecule has 4 aliphatic rings. The summed E-state index contributed by atoms with van der Waals surface area (Å²) in [5.41, 5.74) is -1.31. The molecule has 0 aromatic heterocycles. The fourth-order valence-electron chi connectivity index (χ4n) is 6.55. The van der Waals surface area contributed by atoms with Crippen LogP contribution in [-0.2, 0) is 4.74 Å². The lowest BCUT2D eigenvalue weighted by Gasteiger charge is -2.53. The third-order valence-electron chi connectivity index (χ3n) is 7.76. The molecule has 0 radical (unpaired) electrons. The van der Waals surface area contributed by atoms with Crippen LogP contribution in [0.15, 0.2) is 44.0 Å². The van der Waals surface area contributed by atoms with Crippen LogP contribution in [0, 0.1) is 34.8 Å². The first-order valence-corrected chi connectivity index (χ1v) is 12.4. The van der Waals surface area contributed by atoms with Crippen molar-refractivity contribution < 1.29 is 26.7 Å². The average molecular weight is 546 g/mol. The van der Waals surface area contributed by atoms with E-state index in [1.165, 1.54) is 6.08 Å². The number of nitrogens with zero attached hydrogens (tertiary/aromatic N) is 3. The fraction of sp³-hybridized carbons (Fsp3) is 0.625. The minimum atomic E-state index is -4.52. The number of hydrogen-bond donors (Lipinski definition) is 0. The van der Waals surface area contributed by atoms with E-state index in [4.69, 9.17) is 4.74 Å². The highest BCUT2D eigenvalue weighted by Crippen LogP contribution is 2.60. The van der Waals surface area contributed by atoms with Crippen molar-refractivity contribution >= 4 is 21.8 Å². The highest BCUT2D eigenvalue weighted by Gasteiger charge is 2.63. The lowest BCUT2D eigenvalue weighted by Crippen LogP contribution is -2.57. The number of azo groups is 1. The number of rotatable bonds is 3. The summed E-state index contributed by atoms with van der Waals surface area (Å²) in [7, 11) is 0. The number of hydrogen-bond acceptors (Lipinski definition) is 4. The summed E-state index contributed by atoms with van der Waals surface area (Å²) in [6, 6.07) is 1.68. The summed E-state index contributed by atoms with van der Waals surface area (Å²) in [5, 5.41) is 8.78. The second kappa shape index (κ2) is 8.76. The largest absolute Gasteiger partial charge is 0.389 e. The van der Waals surface area contributed by atoms with Gasteiger partial charge in [0.05, 0.1) is 11.5 Å². The molecule has 0 amide bonds. The van der Waals surface area contributed by atoms with Crippen molar-refractivity contribution in [1.82, 2.24) is 0 Å². The highest BCUT2D eigenvalue weighted by molar-refractivity contribution is 9.10. The number of amidine groups is 1. The van der Waals surface area contributed by atoms with Gasteiger partial charge < -0.3 is 4.74 Å². The van der Waals surface area contributed by atoms with E-state index in [0.717, 1.165) is 31.4 Å². The first-order valence-electron chi connectivity index (χ1n) is 11.6. The maximum absolute atomic E-state index is 15.0. The first kappa shape index (κ1) is 24.0. The Hall–Kier alpha value is -1.68. The Kier molecular flexibility index (Phi) is 6.19. The van der Waals surface area contributed by atoms with Gasteiger partial charge in [-0.1, -0.05) is 35.0 Å². The van der Waals surface area contributed by atoms with Gasteiger partial charge in [-0.3, -0.25) is 4.99 Å². The molecule has 34 heavy (non-hydrogen) atoms. The zero-order valence-corrected chi connectivity index (χ0v) is 20.1. The molecule has 1 saturated heterocycles. The first-order chi connectivity index (χ1) is 16.1. The number of benzene rings is 1. The molecule has 0 saturated carbocycles. The Labute approximate surface area is 202 Å². The maximum atomic E-state index is 15.0. The molecule has 4 nitrogen and oxygen atoms in total. The summed E-state index contributed by atoms with van der Waals surface area (Å²) >= 11 is 3.06. The third kappa shape index (κ3) is 3.94. The molecule has 3 heterocycles. The minimum absolute atomic E-state index is 0.193. The molecule has 5 rings (SSSR count). The van der Waals surface area contributed by atoms with Crippen molar-refractivity contribution in [1.29, 1.82) is 0 Å². The Morgan fingerprint density at radius 1 is 1.18 bits per heavy atom. The smallest absolute Gasteiger partial charge is 0.376 e. The van der Waals surface area contributed by atoms with Crippen LogP contribution in [0.2, 0.25) is 0 Å². The van der Waals surface area contributed by atoms with Crippen LogP contribution in [-0.4, -0.2) is 37.3 Å². The van der Waals surface area contributed by atoms with Crippen molar-refractivity contribution in [2.75, 3.05) is 13.2 Å². The molecule has 0 bridgehead atoms. The molecule has 7 atom stereocenters. The normalized spacial score (nSPS) is 37.3. The second-order valence-electron chi connectivity index (χ2n) is 9.82. The van der Waals surface area contributed by atoms with Crippen LogP contribution in [0.3, 0.4) is 0 Å². The summed E-state index contributed by atoms with van der Waals surface area (Å²) in [4.78, 5) is 4.58. The van der Waals surface area contributed by atoms with Gasteiger partial charge in [-0.2, -0.15) is 18.3 Å². The molecule has 1 aliphatic carbocycles. The van der Waals surface area contributed by atoms with E-state index in [-0.39, 0.29) is 22.1 Å². The summed E-state index contributed by atoms with van der Waals surface area (Å²) in [6.45, 7) is 2.71. The molecule has 1 aromatic carbocycles. The molecular formula is C24H25BrF5N3O. The van der Waals surface area contributed by atoms with Crippen LogP contribution < -0.4 is 0 Å². The van der Waals surface area contributed by atoms with Crippen molar-refractivity contribution in [3.8, 4) is 0 Å². The van der Waals surface area contributed by atoms with Crippen LogP contribution in [0.5, 0.6) is 0 Å². The van der Waals surface area contributed by atoms with E-state index in [1.807, 2.05) is 6.92 Å². The number of alkyl halides is 3. The number of ether oxygens (including phenoxy) is 1. The third-order valence-corrected chi connectivity index (χ3v) is 8.22. The van der Waals surface area contributed by atoms with Gasteiger partial charge in [-0.15, -0.1) is 5.11 Å². The Balaban J connectivity index is 1.67. The van der Waals surface area contributed by atoms with E-state index in [1.54, 1.807) is 6.08 Å². The molecule has 184 valence electrons. The van der Waals surface area contributed by atoms with Gasteiger partial charge in [0, 0.05) is 35.5 Å². The minimum Gasteiger partial charge on any atom is -0.376 e. The van der Waals surface area contributed by atoms with Crippen LogP contribution >= 0.6 is 15.9 Å². The predicted octanol–water partition coefficient (Wildman–Crippen LogP) is 7.00. The molecule has 3 aliphatic heterocycles. The monoisotopic (exact) mass is 545 g/mol. The van der Waals surface area contributed by atoms with Crippen LogP contribution in [0.1, 0.15) is 44.1 Å². The zero-order valence-electron chi connectivity index (χ0n) is 18.5. The Bertz CT molecular complexity index is 1030. The van der Waals surface area contributed by atoms with E-state index in [2.05, 4.69) is 31.2 Å². The van der Waals surface area contributed by atoms with E-state index >= 15 is 0 Å². The van der Waals surface area contributed by atoms with E-state index in [9.17, 15) is 22.0 Å². The Morgan fingerprint density at radius 3 is 2.56 bits per heavy atom. The van der Waals surface area contributed by atoms with Crippen LogP contribution in [0.4, 0.5) is 22.0 Å². The number of aliphatic imine (C=N–C) groups is 1. The van der Waals surface area contributed by atoms with Gasteiger partial charge in [0.1, 0.15) is 17.7 Å². The fourth-order valence-corrected chi connectivity index (χ4v) is 6.95. The second-order valence-corrected chi connectivity index (χ2v) is 10.7. The standard InChI is InChI=1S/C24H25BrF5N3O/c1-12-11-31-22-23(21(32-33-22)18-4-2-3-7-34-18)6-5-14(15(20(12)23)10-24(28,29)30)19-16(26)8-13(25)9-17(19)27/h5-6,8-9,12,14-15,18,20-21H,2-4,7,10-11H2,1H3/t12-,14-,15?,18?,20?,21?,23?/m0/s1. The molecule has 10 heteroatoms. The molecule has 5 unspecified atom stereocenters. The van der Waals surface area contributed by atoms with Crippen molar-refractivity contribution in [3.05, 3.63) is 46.0 Å². The quantitative estimate of drug-likeness (QED) is 0.298. The Morgan fingerprint density at radius 2 is 1.91 bits per heavy atom. The van der Waals surface area contributed by atoms with E-state index < -0.39 is 53.4 Å². The predicted molar refractivity (Wildman–Crippen MR) is 120 cm³/mol. The molecule has 1 spiro atoms. The van der Waals surface area contributed by atoms with Crippen molar-refractivity contribution in [3.63, 3.8) is 0 Å². The van der Waals surface area contributed by atoms with Gasteiger partial charge in [-0.05, 0) is 49.1 Å². The van der Waals surface area contributed by atoms with Gasteiger partial charge >= 0.3 is 6.18 Å². The van der Waals surface area contributed by atoms with Crippen LogP contribution in [0.25, 0.3) is 0 Å². The SMILES string of the molecule is C[C@H]1CN=C2N=NC(C3CCCCO3)C23C=C[C@H](c2c(F)cc(Br)cc2F)C(CC(F)(F)F)C13. The number of halogens is 6. The van der Waals surface area contributed by atoms with Gasteiger partial charge in [-0.25, -0.2) is 8.78 Å². The summed E-state index contributed by atoms with van der Waals surface area (Å²) in [6.07, 6.45) is -0.0638. The molecule has 0 N–H and O–H groups in total. The average Bonchev–Trinajstić information content (AvgIpc) is 3.12. The molecule has 1 fully saturated rings. The number of allylic oxidation sites excluding steroid dienone is 1. The van der Waals surface area contributed by atoms with Crippen molar-refractivity contribution in [2.24, 2.45) is 38.4 Å². The molecular weight excluding hydrogens is 521 g/mol. The summed E-state index contributed by atoms with van der Waals surface area (Å²) in [5.74, 6) is -4.38. The van der Waals surface area contributed by atoms with E-state index in [0.29, 0.717) is 19.0 Å². The zero-order chi connectivity index (χ0) is 24.3. The maximum Gasteiger partial charge on any atom is 0.389 e. The van der Waals surface area contributed by atoms with Crippen molar-refractivity contribution in [2.45, 2.75) is 56.8 Å². The highest BCUT2D eigenvalue weighted by atomic mass is 79.9. The summed E-state index contributed by atoms with van der Waals surface area (Å²) < 4.78 is 78.0.